The second kappa shape index (κ2) is 10.0. The maximum Gasteiger partial charge on any atom is 0.263 e. The quantitative estimate of drug-likeness (QED) is 0.296. The third-order valence-electron chi connectivity index (χ3n) is 5.83. The summed E-state index contributed by atoms with van der Waals surface area (Å²) >= 11 is 0. The highest BCUT2D eigenvalue weighted by atomic mass is 32.2. The fraction of sp³-hybridized carbons (Fsp3) is 0.0741. The molecule has 0 radical (unpaired) electrons. The van der Waals surface area contributed by atoms with Crippen molar-refractivity contribution < 1.29 is 26.7 Å². The lowest BCUT2D eigenvalue weighted by Crippen LogP contribution is -2.14. The van der Waals surface area contributed by atoms with E-state index < -0.39 is 21.7 Å². The monoisotopic (exact) mass is 534 g/mol. The van der Waals surface area contributed by atoms with E-state index in [1.165, 1.54) is 51.0 Å². The number of methoxy groups -OCH3 is 2. The van der Waals surface area contributed by atoms with Crippen LogP contribution in [0.5, 0.6) is 11.5 Å². The predicted molar refractivity (Wildman–Crippen MR) is 138 cm³/mol. The van der Waals surface area contributed by atoms with E-state index in [0.29, 0.717) is 38.9 Å². The average Bonchev–Trinajstić information content (AvgIpc) is 2.91. The number of nitrogens with zero attached hydrogens (tertiary/aromatic N) is 3. The Morgan fingerprint density at radius 3 is 2.32 bits per heavy atom. The first kappa shape index (κ1) is 25.0. The van der Waals surface area contributed by atoms with Gasteiger partial charge in [0.25, 0.3) is 10.0 Å². The first-order valence-electron chi connectivity index (χ1n) is 11.2. The Morgan fingerprint density at radius 2 is 1.58 bits per heavy atom. The van der Waals surface area contributed by atoms with Crippen LogP contribution in [0.4, 0.5) is 14.6 Å². The predicted octanol–water partition coefficient (Wildman–Crippen LogP) is 5.46. The van der Waals surface area contributed by atoms with Crippen molar-refractivity contribution in [2.45, 2.75) is 4.90 Å². The van der Waals surface area contributed by atoms with E-state index in [1.54, 1.807) is 36.5 Å². The van der Waals surface area contributed by atoms with E-state index >= 15 is 0 Å². The van der Waals surface area contributed by atoms with Crippen molar-refractivity contribution >= 4 is 26.6 Å². The number of hydrogen-bond donors (Lipinski definition) is 1. The summed E-state index contributed by atoms with van der Waals surface area (Å²) in [6.45, 7) is 0. The molecule has 0 unspecified atom stereocenters. The van der Waals surface area contributed by atoms with Crippen molar-refractivity contribution in [3.05, 3.63) is 91.0 Å². The molecule has 0 spiro atoms. The molecule has 2 heterocycles. The SMILES string of the molecule is COc1cc(-c2cc(F)cc(F)c2)ccc1-c1nccc2cc(S(=O)(=O)Nc3ncncc3OC)ccc12. The number of hydrogen-bond acceptors (Lipinski definition) is 7. The van der Waals surface area contributed by atoms with Gasteiger partial charge >= 0.3 is 0 Å². The Hall–Kier alpha value is -4.64. The van der Waals surface area contributed by atoms with Crippen LogP contribution in [0.15, 0.2) is 84.3 Å². The normalized spacial score (nSPS) is 11.4. The summed E-state index contributed by atoms with van der Waals surface area (Å²) in [6.07, 6.45) is 4.12. The number of benzene rings is 3. The average molecular weight is 535 g/mol. The largest absolute Gasteiger partial charge is 0.496 e. The van der Waals surface area contributed by atoms with Gasteiger partial charge in [-0.1, -0.05) is 12.1 Å². The summed E-state index contributed by atoms with van der Waals surface area (Å²) in [5, 5.41) is 1.29. The van der Waals surface area contributed by atoms with Gasteiger partial charge in [0.15, 0.2) is 11.6 Å². The van der Waals surface area contributed by atoms with Crippen molar-refractivity contribution in [3.8, 4) is 33.9 Å². The van der Waals surface area contributed by atoms with Gasteiger partial charge in [-0.3, -0.25) is 9.71 Å². The Morgan fingerprint density at radius 1 is 0.816 bits per heavy atom. The highest BCUT2D eigenvalue weighted by Gasteiger charge is 2.20. The van der Waals surface area contributed by atoms with Crippen LogP contribution in [0.25, 0.3) is 33.2 Å². The van der Waals surface area contributed by atoms with Crippen LogP contribution >= 0.6 is 0 Å². The highest BCUT2D eigenvalue weighted by Crippen LogP contribution is 2.37. The molecule has 0 aliphatic heterocycles. The number of aromatic nitrogens is 3. The molecule has 0 atom stereocenters. The number of pyridine rings is 1. The Bertz CT molecular complexity index is 1760. The van der Waals surface area contributed by atoms with Gasteiger partial charge in [-0.2, -0.15) is 0 Å². The van der Waals surface area contributed by atoms with E-state index in [2.05, 4.69) is 19.7 Å². The zero-order chi connectivity index (χ0) is 26.9. The van der Waals surface area contributed by atoms with Gasteiger partial charge in [0.05, 0.1) is 31.0 Å². The summed E-state index contributed by atoms with van der Waals surface area (Å²) in [5.74, 6) is -0.739. The fourth-order valence-corrected chi connectivity index (χ4v) is 5.11. The number of sulfonamides is 1. The molecule has 3 aromatic carbocycles. The van der Waals surface area contributed by atoms with Crippen LogP contribution in [0.2, 0.25) is 0 Å². The zero-order valence-corrected chi connectivity index (χ0v) is 21.0. The molecule has 0 saturated carbocycles. The molecule has 0 amide bonds. The summed E-state index contributed by atoms with van der Waals surface area (Å²) in [7, 11) is -1.13. The van der Waals surface area contributed by atoms with Crippen LogP contribution in [0.3, 0.4) is 0 Å². The number of halogens is 2. The number of rotatable bonds is 7. The lowest BCUT2D eigenvalue weighted by atomic mass is 9.99. The van der Waals surface area contributed by atoms with Crippen molar-refractivity contribution in [3.63, 3.8) is 0 Å². The van der Waals surface area contributed by atoms with E-state index in [-0.39, 0.29) is 16.5 Å². The maximum absolute atomic E-state index is 13.8. The topological polar surface area (TPSA) is 103 Å². The molecular formula is C27H20F2N4O4S. The Balaban J connectivity index is 1.54. The molecular weight excluding hydrogens is 514 g/mol. The third kappa shape index (κ3) is 4.83. The molecule has 0 aliphatic rings. The molecule has 0 fully saturated rings. The molecule has 192 valence electrons. The minimum Gasteiger partial charge on any atom is -0.496 e. The van der Waals surface area contributed by atoms with E-state index in [0.717, 1.165) is 6.07 Å². The van der Waals surface area contributed by atoms with Crippen LogP contribution in [0, 0.1) is 11.6 Å². The fourth-order valence-electron chi connectivity index (χ4n) is 4.05. The van der Waals surface area contributed by atoms with Gasteiger partial charge in [0.2, 0.25) is 0 Å². The van der Waals surface area contributed by atoms with Gasteiger partial charge in [-0.05, 0) is 59.0 Å². The third-order valence-corrected chi connectivity index (χ3v) is 7.16. The Labute approximate surface area is 217 Å². The minimum absolute atomic E-state index is 0.0123. The lowest BCUT2D eigenvalue weighted by molar-refractivity contribution is 0.413. The first-order valence-corrected chi connectivity index (χ1v) is 12.7. The van der Waals surface area contributed by atoms with E-state index in [4.69, 9.17) is 9.47 Å². The first-order chi connectivity index (χ1) is 18.3. The van der Waals surface area contributed by atoms with E-state index in [9.17, 15) is 17.2 Å². The van der Waals surface area contributed by atoms with Gasteiger partial charge in [0, 0.05) is 23.2 Å². The van der Waals surface area contributed by atoms with Gasteiger partial charge in [-0.25, -0.2) is 27.2 Å². The van der Waals surface area contributed by atoms with Crippen LogP contribution < -0.4 is 14.2 Å². The van der Waals surface area contributed by atoms with Crippen molar-refractivity contribution in [2.75, 3.05) is 18.9 Å². The van der Waals surface area contributed by atoms with E-state index in [1.807, 2.05) is 0 Å². The number of fused-ring (bicyclic) bond motifs is 1. The lowest BCUT2D eigenvalue weighted by Gasteiger charge is -2.14. The molecule has 2 aromatic heterocycles. The van der Waals surface area contributed by atoms with Crippen molar-refractivity contribution in [1.29, 1.82) is 0 Å². The van der Waals surface area contributed by atoms with Gasteiger partial charge < -0.3 is 9.47 Å². The summed E-state index contributed by atoms with van der Waals surface area (Å²) in [4.78, 5) is 12.3. The zero-order valence-electron chi connectivity index (χ0n) is 20.1. The second-order valence-electron chi connectivity index (χ2n) is 8.16. The van der Waals surface area contributed by atoms with Crippen molar-refractivity contribution in [1.82, 2.24) is 15.0 Å². The van der Waals surface area contributed by atoms with Crippen molar-refractivity contribution in [2.24, 2.45) is 0 Å². The molecule has 1 N–H and O–H groups in total. The van der Waals surface area contributed by atoms with Crippen LogP contribution in [-0.4, -0.2) is 37.6 Å². The molecule has 5 aromatic rings. The maximum atomic E-state index is 13.8. The standard InChI is InChI=1S/C27H20F2N4O4S/c1-36-24-12-16(18-9-19(28)13-20(29)10-18)3-5-23(24)26-22-6-4-21(11-17(22)7-8-31-26)38(34,35)33-27-25(37-2)14-30-15-32-27/h3-15H,1-2H3,(H,30,32,33). The summed E-state index contributed by atoms with van der Waals surface area (Å²) < 4.78 is 66.8. The van der Waals surface area contributed by atoms with Crippen LogP contribution in [-0.2, 0) is 10.0 Å². The van der Waals surface area contributed by atoms with Gasteiger partial charge in [0.1, 0.15) is 23.7 Å². The van der Waals surface area contributed by atoms with Crippen LogP contribution in [0.1, 0.15) is 0 Å². The number of nitrogens with one attached hydrogen (secondary N) is 1. The molecule has 0 aliphatic carbocycles. The molecule has 5 rings (SSSR count). The molecule has 11 heteroatoms. The number of anilines is 1. The second-order valence-corrected chi connectivity index (χ2v) is 9.84. The molecule has 0 bridgehead atoms. The Kier molecular flexibility index (Phi) is 6.60. The molecule has 8 nitrogen and oxygen atoms in total. The molecule has 38 heavy (non-hydrogen) atoms. The summed E-state index contributed by atoms with van der Waals surface area (Å²) in [6, 6.07) is 14.7. The smallest absolute Gasteiger partial charge is 0.263 e. The number of ether oxygens (including phenoxy) is 2. The summed E-state index contributed by atoms with van der Waals surface area (Å²) in [5.41, 5.74) is 2.09. The molecule has 0 saturated heterocycles. The highest BCUT2D eigenvalue weighted by molar-refractivity contribution is 7.92. The minimum atomic E-state index is -4.00. The van der Waals surface area contributed by atoms with Gasteiger partial charge in [-0.15, -0.1) is 0 Å².